The van der Waals surface area contributed by atoms with Crippen molar-refractivity contribution in [2.75, 3.05) is 11.5 Å². The first-order valence-corrected chi connectivity index (χ1v) is 8.03. The molecule has 1 saturated heterocycles. The molecule has 0 radical (unpaired) electrons. The molecule has 108 valence electrons. The third-order valence-corrected chi connectivity index (χ3v) is 4.89. The van der Waals surface area contributed by atoms with Crippen molar-refractivity contribution in [3.63, 3.8) is 0 Å². The van der Waals surface area contributed by atoms with Crippen LogP contribution in [0.25, 0.3) is 0 Å². The van der Waals surface area contributed by atoms with Gasteiger partial charge in [0.05, 0.1) is 11.5 Å². The summed E-state index contributed by atoms with van der Waals surface area (Å²) in [6.07, 6.45) is -3.14. The van der Waals surface area contributed by atoms with Crippen molar-refractivity contribution < 1.29 is 21.6 Å². The molecule has 1 N–H and O–H groups in total. The molecular formula is C11H20F3NO2S. The third kappa shape index (κ3) is 6.58. The summed E-state index contributed by atoms with van der Waals surface area (Å²) in [6, 6.07) is 0.118. The summed E-state index contributed by atoms with van der Waals surface area (Å²) in [7, 11) is -2.88. The zero-order valence-corrected chi connectivity index (χ0v) is 11.3. The molecule has 1 aliphatic heterocycles. The van der Waals surface area contributed by atoms with Crippen LogP contribution in [-0.2, 0) is 9.84 Å². The Hall–Kier alpha value is -0.300. The summed E-state index contributed by atoms with van der Waals surface area (Å²) in [5, 5.41) is 3.21. The fourth-order valence-corrected chi connectivity index (χ4v) is 3.64. The molecule has 0 aliphatic carbocycles. The number of rotatable bonds is 5. The van der Waals surface area contributed by atoms with Gasteiger partial charge in [0.25, 0.3) is 0 Å². The van der Waals surface area contributed by atoms with E-state index in [1.807, 2.05) is 6.92 Å². The fraction of sp³-hybridized carbons (Fsp3) is 1.00. The van der Waals surface area contributed by atoms with E-state index in [9.17, 15) is 21.6 Å². The number of alkyl halides is 3. The third-order valence-electron chi connectivity index (χ3n) is 3.17. The Bertz CT molecular complexity index is 340. The Morgan fingerprint density at radius 1 is 1.28 bits per heavy atom. The normalized spacial score (nSPS) is 22.9. The lowest BCUT2D eigenvalue weighted by Gasteiger charge is -2.26. The van der Waals surface area contributed by atoms with Crippen molar-refractivity contribution in [2.45, 2.75) is 57.3 Å². The van der Waals surface area contributed by atoms with Crippen molar-refractivity contribution in [1.29, 1.82) is 0 Å². The highest BCUT2D eigenvalue weighted by molar-refractivity contribution is 7.91. The molecule has 1 unspecified atom stereocenters. The van der Waals surface area contributed by atoms with Crippen molar-refractivity contribution in [2.24, 2.45) is 0 Å². The van der Waals surface area contributed by atoms with Crippen molar-refractivity contribution in [3.8, 4) is 0 Å². The van der Waals surface area contributed by atoms with Gasteiger partial charge >= 0.3 is 6.18 Å². The molecule has 0 aromatic rings. The minimum absolute atomic E-state index is 0.00171. The Balaban J connectivity index is 2.19. The van der Waals surface area contributed by atoms with Crippen molar-refractivity contribution >= 4 is 9.84 Å². The van der Waals surface area contributed by atoms with E-state index in [2.05, 4.69) is 5.32 Å². The molecule has 1 aliphatic rings. The van der Waals surface area contributed by atoms with Crippen molar-refractivity contribution in [1.82, 2.24) is 5.32 Å². The number of nitrogens with one attached hydrogen (secondary N) is 1. The Morgan fingerprint density at radius 2 is 1.83 bits per heavy atom. The minimum atomic E-state index is -4.08. The zero-order valence-electron chi connectivity index (χ0n) is 10.5. The Labute approximate surface area is 106 Å². The first-order valence-electron chi connectivity index (χ1n) is 6.21. The second-order valence-corrected chi connectivity index (χ2v) is 7.30. The van der Waals surface area contributed by atoms with Crippen LogP contribution in [0.5, 0.6) is 0 Å². The maximum atomic E-state index is 12.0. The van der Waals surface area contributed by atoms with Crippen LogP contribution in [0, 0.1) is 0 Å². The van der Waals surface area contributed by atoms with Gasteiger partial charge in [-0.15, -0.1) is 0 Å². The predicted octanol–water partition coefficient (Wildman–Crippen LogP) is 2.27. The lowest BCUT2D eigenvalue weighted by atomic mass is 10.1. The van der Waals surface area contributed by atoms with E-state index in [-0.39, 0.29) is 30.0 Å². The quantitative estimate of drug-likeness (QED) is 0.844. The van der Waals surface area contributed by atoms with E-state index in [0.717, 1.165) is 0 Å². The first kappa shape index (κ1) is 15.8. The summed E-state index contributed by atoms with van der Waals surface area (Å²) in [4.78, 5) is 0. The summed E-state index contributed by atoms with van der Waals surface area (Å²) >= 11 is 0. The summed E-state index contributed by atoms with van der Waals surface area (Å²) in [6.45, 7) is 1.85. The van der Waals surface area contributed by atoms with Gasteiger partial charge in [-0.25, -0.2) is 8.42 Å². The van der Waals surface area contributed by atoms with E-state index in [1.54, 1.807) is 0 Å². The van der Waals surface area contributed by atoms with E-state index < -0.39 is 22.4 Å². The molecule has 0 amide bonds. The molecule has 1 heterocycles. The Kier molecular flexibility index (Phi) is 5.46. The second-order valence-electron chi connectivity index (χ2n) is 5.00. The second kappa shape index (κ2) is 6.23. The van der Waals surface area contributed by atoms with Crippen LogP contribution in [0.3, 0.4) is 0 Å². The van der Waals surface area contributed by atoms with Crippen LogP contribution in [0.15, 0.2) is 0 Å². The SMILES string of the molecule is CC(CCCC(F)(F)F)NC1CCS(=O)(=O)CC1. The molecule has 0 saturated carbocycles. The van der Waals surface area contributed by atoms with Gasteiger partial charge < -0.3 is 5.32 Å². The fourth-order valence-electron chi connectivity index (χ4n) is 2.15. The topological polar surface area (TPSA) is 46.2 Å². The lowest BCUT2D eigenvalue weighted by Crippen LogP contribution is -2.42. The highest BCUT2D eigenvalue weighted by Crippen LogP contribution is 2.23. The minimum Gasteiger partial charge on any atom is -0.311 e. The molecule has 0 spiro atoms. The van der Waals surface area contributed by atoms with Crippen LogP contribution in [0.2, 0.25) is 0 Å². The van der Waals surface area contributed by atoms with Crippen LogP contribution < -0.4 is 5.32 Å². The number of hydrogen-bond acceptors (Lipinski definition) is 3. The number of halogens is 3. The largest absolute Gasteiger partial charge is 0.389 e. The van der Waals surface area contributed by atoms with Crippen LogP contribution in [0.4, 0.5) is 13.2 Å². The molecule has 1 fully saturated rings. The monoisotopic (exact) mass is 287 g/mol. The first-order chi connectivity index (χ1) is 8.18. The van der Waals surface area contributed by atoms with Crippen LogP contribution in [0.1, 0.15) is 39.0 Å². The standard InChI is InChI=1S/C11H20F3NO2S/c1-9(3-2-6-11(12,13)14)15-10-4-7-18(16,17)8-5-10/h9-10,15H,2-8H2,1H3. The molecule has 0 aromatic carbocycles. The highest BCUT2D eigenvalue weighted by Gasteiger charge is 2.27. The average Bonchev–Trinajstić information content (AvgIpc) is 2.19. The van der Waals surface area contributed by atoms with E-state index in [1.165, 1.54) is 0 Å². The molecule has 1 atom stereocenters. The molecule has 0 bridgehead atoms. The van der Waals surface area contributed by atoms with Crippen molar-refractivity contribution in [3.05, 3.63) is 0 Å². The van der Waals surface area contributed by atoms with Gasteiger partial charge in [-0.2, -0.15) is 13.2 Å². The number of hydrogen-bond donors (Lipinski definition) is 1. The van der Waals surface area contributed by atoms with Gasteiger partial charge in [0.2, 0.25) is 0 Å². The molecule has 1 rings (SSSR count). The van der Waals surface area contributed by atoms with Gasteiger partial charge in [0.15, 0.2) is 0 Å². The smallest absolute Gasteiger partial charge is 0.311 e. The Morgan fingerprint density at radius 3 is 2.33 bits per heavy atom. The lowest BCUT2D eigenvalue weighted by molar-refractivity contribution is -0.135. The van der Waals surface area contributed by atoms with Gasteiger partial charge in [-0.3, -0.25) is 0 Å². The summed E-state index contributed by atoms with van der Waals surface area (Å²) in [5.41, 5.74) is 0. The molecule has 3 nitrogen and oxygen atoms in total. The van der Waals surface area contributed by atoms with E-state index >= 15 is 0 Å². The zero-order chi connectivity index (χ0) is 13.8. The van der Waals surface area contributed by atoms with Gasteiger partial charge in [0, 0.05) is 18.5 Å². The summed E-state index contributed by atoms with van der Waals surface area (Å²) < 4.78 is 58.3. The van der Waals surface area contributed by atoms with Crippen LogP contribution in [-0.4, -0.2) is 38.2 Å². The molecular weight excluding hydrogens is 267 g/mol. The van der Waals surface area contributed by atoms with E-state index in [0.29, 0.717) is 19.3 Å². The average molecular weight is 287 g/mol. The maximum absolute atomic E-state index is 12.0. The summed E-state index contributed by atoms with van der Waals surface area (Å²) in [5.74, 6) is 0.361. The predicted molar refractivity (Wildman–Crippen MR) is 64.2 cm³/mol. The van der Waals surface area contributed by atoms with Crippen LogP contribution >= 0.6 is 0 Å². The van der Waals surface area contributed by atoms with Gasteiger partial charge in [-0.05, 0) is 32.6 Å². The molecule has 0 aromatic heterocycles. The van der Waals surface area contributed by atoms with E-state index in [4.69, 9.17) is 0 Å². The van der Waals surface area contributed by atoms with Gasteiger partial charge in [0.1, 0.15) is 9.84 Å². The maximum Gasteiger partial charge on any atom is 0.389 e. The van der Waals surface area contributed by atoms with Gasteiger partial charge in [-0.1, -0.05) is 0 Å². The highest BCUT2D eigenvalue weighted by atomic mass is 32.2. The molecule has 18 heavy (non-hydrogen) atoms. The molecule has 7 heteroatoms. The number of sulfone groups is 1.